The maximum absolute atomic E-state index is 11.5. The number of halogens is 1. The molecule has 0 aromatic carbocycles. The highest BCUT2D eigenvalue weighted by molar-refractivity contribution is 7.14. The number of Topliss-reactive ketones (excluding diaryl/α,β-unsaturated/α-hetero) is 1. The zero-order chi connectivity index (χ0) is 14.0. The van der Waals surface area contributed by atoms with Gasteiger partial charge in [0.1, 0.15) is 5.69 Å². The van der Waals surface area contributed by atoms with Crippen LogP contribution in [0.1, 0.15) is 50.0 Å². The number of carbonyl (C=O) groups is 1. The first-order valence-corrected chi connectivity index (χ1v) is 8.12. The van der Waals surface area contributed by atoms with Crippen LogP contribution >= 0.6 is 22.9 Å². The van der Waals surface area contributed by atoms with Crippen LogP contribution in [0.25, 0.3) is 0 Å². The molecule has 1 aliphatic rings. The number of alkyl halides is 1. The second kappa shape index (κ2) is 5.80. The largest absolute Gasteiger partial charge is 0.348 e. The van der Waals surface area contributed by atoms with Crippen LogP contribution in [0.4, 0.5) is 5.13 Å². The molecule has 5 heteroatoms. The summed E-state index contributed by atoms with van der Waals surface area (Å²) in [7, 11) is 2.08. The van der Waals surface area contributed by atoms with Crippen LogP contribution in [0.3, 0.4) is 0 Å². The molecule has 0 N–H and O–H groups in total. The number of ketones is 1. The quantitative estimate of drug-likeness (QED) is 0.623. The van der Waals surface area contributed by atoms with Crippen molar-refractivity contribution in [3.63, 3.8) is 0 Å². The van der Waals surface area contributed by atoms with Crippen LogP contribution in [0, 0.1) is 5.41 Å². The van der Waals surface area contributed by atoms with Crippen molar-refractivity contribution >= 4 is 33.9 Å². The fraction of sp³-hybridized carbons (Fsp3) is 0.714. The third-order valence-corrected chi connectivity index (χ3v) is 5.23. The van der Waals surface area contributed by atoms with E-state index in [9.17, 15) is 4.79 Å². The summed E-state index contributed by atoms with van der Waals surface area (Å²) < 4.78 is 0. The number of rotatable bonds is 4. The van der Waals surface area contributed by atoms with Gasteiger partial charge in [-0.15, -0.1) is 22.9 Å². The first-order valence-electron chi connectivity index (χ1n) is 6.70. The Bertz CT molecular complexity index is 448. The molecule has 0 radical (unpaired) electrons. The Balaban J connectivity index is 2.02. The lowest BCUT2D eigenvalue weighted by Gasteiger charge is -2.38. The van der Waals surface area contributed by atoms with E-state index in [0.717, 1.165) is 5.13 Å². The summed E-state index contributed by atoms with van der Waals surface area (Å²) in [4.78, 5) is 18.1. The van der Waals surface area contributed by atoms with E-state index in [1.54, 1.807) is 0 Å². The molecule has 2 rings (SSSR count). The lowest BCUT2D eigenvalue weighted by molar-refractivity contribution is 0.101. The van der Waals surface area contributed by atoms with Crippen molar-refractivity contribution < 1.29 is 4.79 Å². The number of anilines is 1. The predicted molar refractivity (Wildman–Crippen MR) is 81.6 cm³/mol. The maximum atomic E-state index is 11.5. The number of carbonyl (C=O) groups excluding carboxylic acids is 1. The second-order valence-electron chi connectivity index (χ2n) is 6.08. The Kier molecular flexibility index (Phi) is 4.51. The minimum Gasteiger partial charge on any atom is -0.348 e. The summed E-state index contributed by atoms with van der Waals surface area (Å²) in [6, 6.07) is 0.540. The predicted octanol–water partition coefficient (Wildman–Crippen LogP) is 3.97. The van der Waals surface area contributed by atoms with Crippen molar-refractivity contribution in [2.24, 2.45) is 5.41 Å². The molecule has 1 saturated carbocycles. The molecule has 0 atom stereocenters. The lowest BCUT2D eigenvalue weighted by Crippen LogP contribution is -2.37. The second-order valence-corrected chi connectivity index (χ2v) is 7.18. The van der Waals surface area contributed by atoms with Gasteiger partial charge in [-0.25, -0.2) is 4.98 Å². The highest BCUT2D eigenvalue weighted by Gasteiger charge is 2.29. The molecular weight excluding hydrogens is 280 g/mol. The van der Waals surface area contributed by atoms with E-state index in [2.05, 4.69) is 30.8 Å². The molecule has 0 amide bonds. The molecule has 1 heterocycles. The molecule has 19 heavy (non-hydrogen) atoms. The summed E-state index contributed by atoms with van der Waals surface area (Å²) >= 11 is 7.09. The average molecular weight is 301 g/mol. The van der Waals surface area contributed by atoms with E-state index in [4.69, 9.17) is 11.6 Å². The van der Waals surface area contributed by atoms with Gasteiger partial charge in [0.2, 0.25) is 0 Å². The Labute approximate surface area is 124 Å². The SMILES string of the molecule is CN(c1nc(C(=O)CCl)cs1)C1CCC(C)(C)CC1. The van der Waals surface area contributed by atoms with Gasteiger partial charge in [-0.3, -0.25) is 4.79 Å². The number of nitrogens with zero attached hydrogens (tertiary/aromatic N) is 2. The number of aromatic nitrogens is 1. The number of hydrogen-bond donors (Lipinski definition) is 0. The van der Waals surface area contributed by atoms with E-state index in [1.165, 1.54) is 37.0 Å². The summed E-state index contributed by atoms with van der Waals surface area (Å²) in [5.74, 6) is -0.0906. The molecule has 1 aromatic heterocycles. The fourth-order valence-corrected chi connectivity index (χ4v) is 3.55. The van der Waals surface area contributed by atoms with Gasteiger partial charge < -0.3 is 4.90 Å². The molecule has 0 unspecified atom stereocenters. The standard InChI is InChI=1S/C14H21ClN2OS/c1-14(2)6-4-10(5-7-14)17(3)13-16-11(9-19-13)12(18)8-15/h9-10H,4-8H2,1-3H3. The van der Waals surface area contributed by atoms with Gasteiger partial charge in [0.05, 0.1) is 5.88 Å². The first kappa shape index (κ1) is 14.8. The molecule has 0 spiro atoms. The van der Waals surface area contributed by atoms with Gasteiger partial charge in [-0.05, 0) is 31.1 Å². The maximum Gasteiger partial charge on any atom is 0.196 e. The van der Waals surface area contributed by atoms with Gasteiger partial charge in [0, 0.05) is 18.5 Å². The molecule has 0 saturated heterocycles. The minimum atomic E-state index is -0.0951. The Hall–Kier alpha value is -0.610. The number of thiazole rings is 1. The van der Waals surface area contributed by atoms with E-state index in [-0.39, 0.29) is 11.7 Å². The van der Waals surface area contributed by atoms with E-state index in [0.29, 0.717) is 17.2 Å². The van der Waals surface area contributed by atoms with Gasteiger partial charge in [0.15, 0.2) is 10.9 Å². The summed E-state index contributed by atoms with van der Waals surface area (Å²) in [5, 5.41) is 2.74. The molecule has 106 valence electrons. The van der Waals surface area contributed by atoms with E-state index < -0.39 is 0 Å². The highest BCUT2D eigenvalue weighted by atomic mass is 35.5. The minimum absolute atomic E-state index is 0.00447. The van der Waals surface area contributed by atoms with Crippen molar-refractivity contribution in [1.29, 1.82) is 0 Å². The molecular formula is C14H21ClN2OS. The van der Waals surface area contributed by atoms with Crippen LogP contribution in [-0.2, 0) is 0 Å². The molecule has 1 fully saturated rings. The number of hydrogen-bond acceptors (Lipinski definition) is 4. The lowest BCUT2D eigenvalue weighted by atomic mass is 9.75. The van der Waals surface area contributed by atoms with Gasteiger partial charge in [-0.1, -0.05) is 13.8 Å². The molecule has 1 aliphatic carbocycles. The van der Waals surface area contributed by atoms with Gasteiger partial charge >= 0.3 is 0 Å². The fourth-order valence-electron chi connectivity index (χ4n) is 2.55. The third kappa shape index (κ3) is 3.48. The van der Waals surface area contributed by atoms with Gasteiger partial charge in [0.25, 0.3) is 0 Å². The zero-order valence-corrected chi connectivity index (χ0v) is 13.4. The smallest absolute Gasteiger partial charge is 0.196 e. The van der Waals surface area contributed by atoms with E-state index >= 15 is 0 Å². The molecule has 0 aliphatic heterocycles. The van der Waals surface area contributed by atoms with Crippen molar-refractivity contribution in [3.05, 3.63) is 11.1 Å². The van der Waals surface area contributed by atoms with Crippen LogP contribution in [0.15, 0.2) is 5.38 Å². The molecule has 0 bridgehead atoms. The Morgan fingerprint density at radius 1 is 1.53 bits per heavy atom. The normalized spacial score (nSPS) is 19.4. The molecule has 1 aromatic rings. The van der Waals surface area contributed by atoms with Crippen LogP contribution < -0.4 is 4.90 Å². The highest BCUT2D eigenvalue weighted by Crippen LogP contribution is 2.38. The van der Waals surface area contributed by atoms with Crippen LogP contribution in [-0.4, -0.2) is 29.7 Å². The summed E-state index contributed by atoms with van der Waals surface area (Å²) in [6.07, 6.45) is 4.89. The molecule has 3 nitrogen and oxygen atoms in total. The van der Waals surface area contributed by atoms with Crippen molar-refractivity contribution in [3.8, 4) is 0 Å². The van der Waals surface area contributed by atoms with Crippen molar-refractivity contribution in [2.45, 2.75) is 45.6 Å². The topological polar surface area (TPSA) is 33.2 Å². The Morgan fingerprint density at radius 3 is 2.74 bits per heavy atom. The van der Waals surface area contributed by atoms with Crippen molar-refractivity contribution in [2.75, 3.05) is 17.8 Å². The van der Waals surface area contributed by atoms with Crippen LogP contribution in [0.2, 0.25) is 0 Å². The van der Waals surface area contributed by atoms with E-state index in [1.807, 2.05) is 5.38 Å². The van der Waals surface area contributed by atoms with Crippen molar-refractivity contribution in [1.82, 2.24) is 4.98 Å². The first-order chi connectivity index (χ1) is 8.93. The summed E-state index contributed by atoms with van der Waals surface area (Å²) in [5.41, 5.74) is 0.970. The van der Waals surface area contributed by atoms with Crippen LogP contribution in [0.5, 0.6) is 0 Å². The zero-order valence-electron chi connectivity index (χ0n) is 11.8. The monoisotopic (exact) mass is 300 g/mol. The third-order valence-electron chi connectivity index (χ3n) is 4.06. The Morgan fingerprint density at radius 2 is 2.16 bits per heavy atom. The van der Waals surface area contributed by atoms with Gasteiger partial charge in [-0.2, -0.15) is 0 Å². The summed E-state index contributed by atoms with van der Waals surface area (Å²) in [6.45, 7) is 4.67. The average Bonchev–Trinajstić information content (AvgIpc) is 2.86.